The molecule has 0 N–H and O–H groups in total. The van der Waals surface area contributed by atoms with E-state index in [2.05, 4.69) is 43.0 Å². The van der Waals surface area contributed by atoms with E-state index in [9.17, 15) is 0 Å². The number of guanidine groups is 1. The molecular formula is C17H30N4. The SMILES string of the molecule is CCN(CC)Cc1ccccc1CN=C(N(C)C)N(C)C. The van der Waals surface area contributed by atoms with Crippen LogP contribution in [0.2, 0.25) is 0 Å². The summed E-state index contributed by atoms with van der Waals surface area (Å²) in [5.41, 5.74) is 2.69. The molecular weight excluding hydrogens is 260 g/mol. The van der Waals surface area contributed by atoms with Crippen molar-refractivity contribution < 1.29 is 0 Å². The van der Waals surface area contributed by atoms with Crippen molar-refractivity contribution in [2.45, 2.75) is 26.9 Å². The zero-order valence-electron chi connectivity index (χ0n) is 14.4. The zero-order chi connectivity index (χ0) is 15.8. The molecule has 1 rings (SSSR count). The van der Waals surface area contributed by atoms with E-state index in [1.807, 2.05) is 38.0 Å². The Hall–Kier alpha value is -1.55. The number of aliphatic imine (C=N–C) groups is 1. The molecule has 0 bridgehead atoms. The maximum atomic E-state index is 4.76. The molecule has 0 saturated heterocycles. The van der Waals surface area contributed by atoms with Gasteiger partial charge in [-0.1, -0.05) is 38.1 Å². The quantitative estimate of drug-likeness (QED) is 0.594. The first kappa shape index (κ1) is 17.5. The predicted molar refractivity (Wildman–Crippen MR) is 91.6 cm³/mol. The van der Waals surface area contributed by atoms with Crippen molar-refractivity contribution >= 4 is 5.96 Å². The fourth-order valence-electron chi connectivity index (χ4n) is 2.39. The van der Waals surface area contributed by atoms with Crippen LogP contribution in [0.1, 0.15) is 25.0 Å². The van der Waals surface area contributed by atoms with Crippen molar-refractivity contribution in [2.24, 2.45) is 4.99 Å². The molecule has 4 nitrogen and oxygen atoms in total. The maximum Gasteiger partial charge on any atom is 0.195 e. The van der Waals surface area contributed by atoms with Gasteiger partial charge in [-0.2, -0.15) is 0 Å². The Morgan fingerprint density at radius 3 is 1.90 bits per heavy atom. The molecule has 0 unspecified atom stereocenters. The van der Waals surface area contributed by atoms with Gasteiger partial charge in [-0.05, 0) is 24.2 Å². The third-order valence-corrected chi connectivity index (χ3v) is 3.60. The van der Waals surface area contributed by atoms with Crippen LogP contribution in [0.4, 0.5) is 0 Å². The minimum Gasteiger partial charge on any atom is -0.349 e. The van der Waals surface area contributed by atoms with Crippen LogP contribution in [0, 0.1) is 0 Å². The average Bonchev–Trinajstić information content (AvgIpc) is 2.45. The van der Waals surface area contributed by atoms with Crippen molar-refractivity contribution in [3.05, 3.63) is 35.4 Å². The van der Waals surface area contributed by atoms with Crippen molar-refractivity contribution in [3.63, 3.8) is 0 Å². The molecule has 0 fully saturated rings. The van der Waals surface area contributed by atoms with Crippen molar-refractivity contribution in [1.29, 1.82) is 0 Å². The minimum atomic E-state index is 0.725. The third-order valence-electron chi connectivity index (χ3n) is 3.60. The van der Waals surface area contributed by atoms with Crippen LogP contribution >= 0.6 is 0 Å². The highest BCUT2D eigenvalue weighted by Crippen LogP contribution is 2.13. The summed E-state index contributed by atoms with van der Waals surface area (Å²) in [5, 5.41) is 0. The highest BCUT2D eigenvalue weighted by Gasteiger charge is 2.08. The first-order valence-corrected chi connectivity index (χ1v) is 7.67. The van der Waals surface area contributed by atoms with Gasteiger partial charge >= 0.3 is 0 Å². The number of hydrogen-bond donors (Lipinski definition) is 0. The number of nitrogens with zero attached hydrogens (tertiary/aromatic N) is 4. The average molecular weight is 290 g/mol. The summed E-state index contributed by atoms with van der Waals surface area (Å²) in [4.78, 5) is 11.3. The van der Waals surface area contributed by atoms with Gasteiger partial charge in [0.15, 0.2) is 5.96 Å². The van der Waals surface area contributed by atoms with Crippen molar-refractivity contribution in [3.8, 4) is 0 Å². The van der Waals surface area contributed by atoms with Crippen LogP contribution in [-0.4, -0.2) is 61.9 Å². The van der Waals surface area contributed by atoms with E-state index in [0.29, 0.717) is 0 Å². The fraction of sp³-hybridized carbons (Fsp3) is 0.588. The van der Waals surface area contributed by atoms with Crippen LogP contribution < -0.4 is 0 Å². The van der Waals surface area contributed by atoms with Gasteiger partial charge in [0, 0.05) is 34.7 Å². The molecule has 21 heavy (non-hydrogen) atoms. The molecule has 0 aliphatic carbocycles. The van der Waals surface area contributed by atoms with E-state index in [0.717, 1.165) is 32.1 Å². The topological polar surface area (TPSA) is 22.1 Å². The lowest BCUT2D eigenvalue weighted by Gasteiger charge is -2.23. The van der Waals surface area contributed by atoms with E-state index in [1.165, 1.54) is 11.1 Å². The standard InChI is InChI=1S/C17H30N4/c1-7-21(8-2)14-16-12-10-9-11-15(16)13-18-17(19(3)4)20(5)6/h9-12H,7-8,13-14H2,1-6H3. The molecule has 118 valence electrons. The third kappa shape index (κ3) is 5.38. The first-order chi connectivity index (χ1) is 9.99. The summed E-state index contributed by atoms with van der Waals surface area (Å²) < 4.78 is 0. The van der Waals surface area contributed by atoms with Crippen LogP contribution in [0.25, 0.3) is 0 Å². The van der Waals surface area contributed by atoms with Crippen molar-refractivity contribution in [1.82, 2.24) is 14.7 Å². The molecule has 1 aromatic carbocycles. The smallest absolute Gasteiger partial charge is 0.195 e. The summed E-state index contributed by atoms with van der Waals surface area (Å²) >= 11 is 0. The van der Waals surface area contributed by atoms with Gasteiger partial charge in [-0.3, -0.25) is 4.90 Å². The molecule has 0 aliphatic rings. The Balaban J connectivity index is 2.91. The molecule has 4 heteroatoms. The fourth-order valence-corrected chi connectivity index (χ4v) is 2.39. The first-order valence-electron chi connectivity index (χ1n) is 7.67. The monoisotopic (exact) mass is 290 g/mol. The second kappa shape index (κ2) is 8.67. The molecule has 0 amide bonds. The van der Waals surface area contributed by atoms with Gasteiger partial charge in [0.25, 0.3) is 0 Å². The van der Waals surface area contributed by atoms with Gasteiger partial charge in [-0.15, -0.1) is 0 Å². The zero-order valence-corrected chi connectivity index (χ0v) is 14.4. The summed E-state index contributed by atoms with van der Waals surface area (Å²) in [7, 11) is 8.11. The Bertz CT molecular complexity index is 438. The summed E-state index contributed by atoms with van der Waals surface area (Å²) in [6.07, 6.45) is 0. The molecule has 0 radical (unpaired) electrons. The van der Waals surface area contributed by atoms with E-state index < -0.39 is 0 Å². The van der Waals surface area contributed by atoms with Crippen LogP contribution in [-0.2, 0) is 13.1 Å². The molecule has 1 aromatic rings. The summed E-state index contributed by atoms with van der Waals surface area (Å²) in [6.45, 7) is 8.30. The summed E-state index contributed by atoms with van der Waals surface area (Å²) in [6, 6.07) is 8.62. The minimum absolute atomic E-state index is 0.725. The lowest BCUT2D eigenvalue weighted by Crippen LogP contribution is -2.35. The van der Waals surface area contributed by atoms with Crippen molar-refractivity contribution in [2.75, 3.05) is 41.3 Å². The molecule has 0 heterocycles. The molecule has 0 atom stereocenters. The molecule has 0 spiro atoms. The molecule has 0 aromatic heterocycles. The summed E-state index contributed by atoms with van der Waals surface area (Å²) in [5.74, 6) is 0.993. The molecule has 0 aliphatic heterocycles. The van der Waals surface area contributed by atoms with E-state index >= 15 is 0 Å². The Labute approximate surface area is 130 Å². The predicted octanol–water partition coefficient (Wildman–Crippen LogP) is 2.51. The molecule has 0 saturated carbocycles. The largest absolute Gasteiger partial charge is 0.349 e. The highest BCUT2D eigenvalue weighted by atomic mass is 15.3. The lowest BCUT2D eigenvalue weighted by molar-refractivity contribution is 0.295. The second-order valence-electron chi connectivity index (χ2n) is 5.64. The van der Waals surface area contributed by atoms with Gasteiger partial charge in [0.05, 0.1) is 6.54 Å². The maximum absolute atomic E-state index is 4.76. The lowest BCUT2D eigenvalue weighted by atomic mass is 10.1. The highest BCUT2D eigenvalue weighted by molar-refractivity contribution is 5.79. The Morgan fingerprint density at radius 1 is 0.905 bits per heavy atom. The van der Waals surface area contributed by atoms with E-state index in [1.54, 1.807) is 0 Å². The second-order valence-corrected chi connectivity index (χ2v) is 5.64. The van der Waals surface area contributed by atoms with Gasteiger partial charge in [0.2, 0.25) is 0 Å². The van der Waals surface area contributed by atoms with Crippen LogP contribution in [0.3, 0.4) is 0 Å². The van der Waals surface area contributed by atoms with Gasteiger partial charge in [-0.25, -0.2) is 4.99 Å². The van der Waals surface area contributed by atoms with E-state index in [-0.39, 0.29) is 0 Å². The number of rotatable bonds is 6. The van der Waals surface area contributed by atoms with Crippen LogP contribution in [0.5, 0.6) is 0 Å². The van der Waals surface area contributed by atoms with Crippen LogP contribution in [0.15, 0.2) is 29.3 Å². The van der Waals surface area contributed by atoms with E-state index in [4.69, 9.17) is 4.99 Å². The number of hydrogen-bond acceptors (Lipinski definition) is 2. The Kier molecular flexibility index (Phi) is 7.23. The normalized spacial score (nSPS) is 10.6. The Morgan fingerprint density at radius 2 is 1.43 bits per heavy atom. The number of benzene rings is 1. The van der Waals surface area contributed by atoms with Gasteiger partial charge in [0.1, 0.15) is 0 Å². The van der Waals surface area contributed by atoms with Gasteiger partial charge < -0.3 is 9.80 Å².